The van der Waals surface area contributed by atoms with Crippen LogP contribution in [0.3, 0.4) is 0 Å². The Balaban J connectivity index is 1.60. The van der Waals surface area contributed by atoms with Crippen molar-refractivity contribution < 1.29 is 0 Å². The van der Waals surface area contributed by atoms with Gasteiger partial charge in [0.25, 0.3) is 0 Å². The lowest BCUT2D eigenvalue weighted by Crippen LogP contribution is -2.32. The first-order valence-corrected chi connectivity index (χ1v) is 9.12. The normalized spacial score (nSPS) is 16.5. The van der Waals surface area contributed by atoms with Gasteiger partial charge in [-0.15, -0.1) is 0 Å². The van der Waals surface area contributed by atoms with Crippen LogP contribution in [0, 0.1) is 0 Å². The molecule has 0 radical (unpaired) electrons. The van der Waals surface area contributed by atoms with Crippen LogP contribution in [0.15, 0.2) is 31.0 Å². The van der Waals surface area contributed by atoms with Crippen LogP contribution in [0.25, 0.3) is 22.3 Å². The molecule has 0 amide bonds. The molecule has 0 unspecified atom stereocenters. The first-order valence-electron chi connectivity index (χ1n) is 9.12. The number of nitrogens with two attached hydrogens (primary N) is 1. The average Bonchev–Trinajstić information content (AvgIpc) is 3.25. The maximum Gasteiger partial charge on any atom is 0.165 e. The van der Waals surface area contributed by atoms with Gasteiger partial charge in [0.2, 0.25) is 0 Å². The van der Waals surface area contributed by atoms with Crippen LogP contribution in [-0.4, -0.2) is 59.1 Å². The molecule has 27 heavy (non-hydrogen) atoms. The summed E-state index contributed by atoms with van der Waals surface area (Å²) in [6.45, 7) is 2.72. The lowest BCUT2D eigenvalue weighted by molar-refractivity contribution is 0.221. The number of hydrogen-bond acceptors (Lipinski definition) is 7. The van der Waals surface area contributed by atoms with Gasteiger partial charge in [-0.25, -0.2) is 24.9 Å². The summed E-state index contributed by atoms with van der Waals surface area (Å²) in [7, 11) is 2.17. The molecule has 0 bridgehead atoms. The molecular weight excluding hydrogens is 342 g/mol. The zero-order chi connectivity index (χ0) is 18.4. The smallest absolute Gasteiger partial charge is 0.165 e. The van der Waals surface area contributed by atoms with E-state index in [0.717, 1.165) is 48.6 Å². The van der Waals surface area contributed by atoms with Crippen molar-refractivity contribution in [1.29, 1.82) is 0 Å². The maximum absolute atomic E-state index is 5.92. The number of aromatic nitrogens is 7. The van der Waals surface area contributed by atoms with Gasteiger partial charge >= 0.3 is 0 Å². The molecule has 0 spiro atoms. The second-order valence-electron chi connectivity index (χ2n) is 7.08. The minimum atomic E-state index is 0.393. The van der Waals surface area contributed by atoms with Gasteiger partial charge in [-0.3, -0.25) is 0 Å². The van der Waals surface area contributed by atoms with E-state index in [2.05, 4.69) is 36.5 Å². The van der Waals surface area contributed by atoms with E-state index >= 15 is 0 Å². The molecule has 9 nitrogen and oxygen atoms in total. The highest BCUT2D eigenvalue weighted by atomic mass is 15.2. The summed E-state index contributed by atoms with van der Waals surface area (Å²) in [4.78, 5) is 24.6. The lowest BCUT2D eigenvalue weighted by atomic mass is 10.1. The van der Waals surface area contributed by atoms with Gasteiger partial charge in [0.05, 0.1) is 12.9 Å². The lowest BCUT2D eigenvalue weighted by Gasteiger charge is -2.30. The molecule has 0 aromatic carbocycles. The molecule has 1 saturated heterocycles. The van der Waals surface area contributed by atoms with E-state index in [0.29, 0.717) is 23.9 Å². The van der Waals surface area contributed by atoms with Gasteiger partial charge in [0.15, 0.2) is 17.1 Å². The zero-order valence-electron chi connectivity index (χ0n) is 15.2. The number of hydrogen-bond donors (Lipinski definition) is 1. The second-order valence-corrected chi connectivity index (χ2v) is 7.08. The fraction of sp³-hybridized carbons (Fsp3) is 0.389. The number of piperidine rings is 1. The van der Waals surface area contributed by atoms with E-state index in [4.69, 9.17) is 10.7 Å². The van der Waals surface area contributed by atoms with Gasteiger partial charge in [0, 0.05) is 12.2 Å². The van der Waals surface area contributed by atoms with Crippen LogP contribution in [0.2, 0.25) is 0 Å². The molecule has 0 aliphatic carbocycles. The Morgan fingerprint density at radius 3 is 2.81 bits per heavy atom. The minimum Gasteiger partial charge on any atom is -0.382 e. The van der Waals surface area contributed by atoms with Crippen LogP contribution in [0.5, 0.6) is 0 Å². The average molecular weight is 363 g/mol. The monoisotopic (exact) mass is 363 g/mol. The molecule has 0 saturated carbocycles. The van der Waals surface area contributed by atoms with Crippen molar-refractivity contribution in [2.75, 3.05) is 25.9 Å². The zero-order valence-corrected chi connectivity index (χ0v) is 15.2. The Labute approximate surface area is 155 Å². The Morgan fingerprint density at radius 2 is 1.96 bits per heavy atom. The van der Waals surface area contributed by atoms with Crippen molar-refractivity contribution in [2.45, 2.75) is 25.4 Å². The number of rotatable bonds is 3. The van der Waals surface area contributed by atoms with Crippen molar-refractivity contribution >= 4 is 28.1 Å². The summed E-state index contributed by atoms with van der Waals surface area (Å²) in [5.74, 6) is 1.36. The molecule has 138 valence electrons. The summed E-state index contributed by atoms with van der Waals surface area (Å²) in [6.07, 6.45) is 7.23. The molecule has 1 fully saturated rings. The summed E-state index contributed by atoms with van der Waals surface area (Å²) in [6, 6.07) is 4.34. The summed E-state index contributed by atoms with van der Waals surface area (Å²) >= 11 is 0. The van der Waals surface area contributed by atoms with Crippen LogP contribution >= 0.6 is 0 Å². The fourth-order valence-corrected chi connectivity index (χ4v) is 3.89. The number of nitrogens with zero attached hydrogens (tertiary/aromatic N) is 8. The molecular formula is C18H21N9. The number of pyridine rings is 1. The highest BCUT2D eigenvalue weighted by molar-refractivity contribution is 5.81. The molecule has 0 atom stereocenters. The SMILES string of the molecule is CN1CCC(n2c(Cn3cnc4c(N)ncnc43)nc3cccnc32)CC1. The largest absolute Gasteiger partial charge is 0.382 e. The Hall–Kier alpha value is -3.07. The highest BCUT2D eigenvalue weighted by Gasteiger charge is 2.24. The van der Waals surface area contributed by atoms with E-state index < -0.39 is 0 Å². The summed E-state index contributed by atoms with van der Waals surface area (Å²) < 4.78 is 4.28. The van der Waals surface area contributed by atoms with Crippen molar-refractivity contribution in [1.82, 2.24) is 39.0 Å². The van der Waals surface area contributed by atoms with Crippen LogP contribution < -0.4 is 5.73 Å². The standard InChI is InChI=1S/C18H21N9/c1-25-7-4-12(5-8-25)27-14(24-13-3-2-6-20-17(13)27)9-26-11-23-15-16(19)21-10-22-18(15)26/h2-3,6,10-12H,4-5,7-9H2,1H3,(H2,19,21,22). The predicted octanol–water partition coefficient (Wildman–Crippen LogP) is 1.47. The number of fused-ring (bicyclic) bond motifs is 2. The van der Waals surface area contributed by atoms with E-state index in [9.17, 15) is 0 Å². The van der Waals surface area contributed by atoms with E-state index in [-0.39, 0.29) is 0 Å². The van der Waals surface area contributed by atoms with Crippen molar-refractivity contribution in [3.05, 3.63) is 36.8 Å². The number of nitrogen functional groups attached to an aromatic ring is 1. The quantitative estimate of drug-likeness (QED) is 0.588. The predicted molar refractivity (Wildman–Crippen MR) is 102 cm³/mol. The molecule has 5 heterocycles. The van der Waals surface area contributed by atoms with E-state index in [1.807, 2.05) is 22.9 Å². The molecule has 4 aromatic rings. The molecule has 9 heteroatoms. The maximum atomic E-state index is 5.92. The van der Waals surface area contributed by atoms with Gasteiger partial charge in [-0.1, -0.05) is 0 Å². The highest BCUT2D eigenvalue weighted by Crippen LogP contribution is 2.28. The number of anilines is 1. The molecule has 4 aromatic heterocycles. The first-order chi connectivity index (χ1) is 13.2. The number of likely N-dealkylation sites (tertiary alicyclic amines) is 1. The first kappa shape index (κ1) is 16.1. The molecule has 1 aliphatic heterocycles. The van der Waals surface area contributed by atoms with Crippen LogP contribution in [0.1, 0.15) is 24.7 Å². The van der Waals surface area contributed by atoms with Crippen molar-refractivity contribution in [2.24, 2.45) is 0 Å². The van der Waals surface area contributed by atoms with E-state index in [1.165, 1.54) is 6.33 Å². The molecule has 2 N–H and O–H groups in total. The van der Waals surface area contributed by atoms with Crippen LogP contribution in [0.4, 0.5) is 5.82 Å². The third kappa shape index (κ3) is 2.71. The summed E-state index contributed by atoms with van der Waals surface area (Å²) in [5, 5.41) is 0. The van der Waals surface area contributed by atoms with Gasteiger partial charge in [-0.2, -0.15) is 0 Å². The Bertz CT molecular complexity index is 1100. The van der Waals surface area contributed by atoms with Gasteiger partial charge in [-0.05, 0) is 45.1 Å². The fourth-order valence-electron chi connectivity index (χ4n) is 3.89. The second kappa shape index (κ2) is 6.27. The summed E-state index contributed by atoms with van der Waals surface area (Å²) in [5.41, 5.74) is 9.13. The number of imidazole rings is 2. The Morgan fingerprint density at radius 1 is 1.11 bits per heavy atom. The van der Waals surface area contributed by atoms with Crippen molar-refractivity contribution in [3.63, 3.8) is 0 Å². The van der Waals surface area contributed by atoms with E-state index in [1.54, 1.807) is 6.33 Å². The Kier molecular flexibility index (Phi) is 3.75. The minimum absolute atomic E-state index is 0.393. The molecule has 5 rings (SSSR count). The van der Waals surface area contributed by atoms with Crippen molar-refractivity contribution in [3.8, 4) is 0 Å². The molecule has 1 aliphatic rings. The topological polar surface area (TPSA) is 104 Å². The van der Waals surface area contributed by atoms with Gasteiger partial charge < -0.3 is 19.8 Å². The third-order valence-electron chi connectivity index (χ3n) is 5.32. The van der Waals surface area contributed by atoms with Gasteiger partial charge in [0.1, 0.15) is 23.2 Å². The third-order valence-corrected chi connectivity index (χ3v) is 5.32. The van der Waals surface area contributed by atoms with Crippen LogP contribution in [-0.2, 0) is 6.54 Å².